The molecule has 18 heavy (non-hydrogen) atoms. The van der Waals surface area contributed by atoms with Crippen molar-refractivity contribution < 1.29 is 14.6 Å². The fourth-order valence-electron chi connectivity index (χ4n) is 1.73. The molecule has 0 fully saturated rings. The Hall–Kier alpha value is -1.55. The number of carbonyl (C=O) groups is 1. The number of nitrogens with zero attached hydrogens (tertiary/aromatic N) is 1. The van der Waals surface area contributed by atoms with E-state index in [9.17, 15) is 4.79 Å². The van der Waals surface area contributed by atoms with Gasteiger partial charge in [0.05, 0.1) is 6.61 Å². The Morgan fingerprint density at radius 2 is 2.00 bits per heavy atom. The van der Waals surface area contributed by atoms with Crippen LogP contribution >= 0.6 is 0 Å². The second-order valence-corrected chi connectivity index (χ2v) is 4.12. The Balaban J connectivity index is 2.58. The van der Waals surface area contributed by atoms with E-state index in [4.69, 9.17) is 9.84 Å². The molecule has 0 spiro atoms. The van der Waals surface area contributed by atoms with E-state index in [1.807, 2.05) is 37.3 Å². The fourth-order valence-corrected chi connectivity index (χ4v) is 1.73. The third-order valence-corrected chi connectivity index (χ3v) is 2.58. The van der Waals surface area contributed by atoms with Crippen molar-refractivity contribution in [3.63, 3.8) is 0 Å². The van der Waals surface area contributed by atoms with Gasteiger partial charge >= 0.3 is 0 Å². The molecule has 100 valence electrons. The van der Waals surface area contributed by atoms with Crippen LogP contribution in [0.4, 0.5) is 0 Å². The third kappa shape index (κ3) is 4.37. The minimum Gasteiger partial charge on any atom is -0.481 e. The average molecular weight is 251 g/mol. The van der Waals surface area contributed by atoms with Crippen molar-refractivity contribution in [3.05, 3.63) is 30.3 Å². The van der Waals surface area contributed by atoms with Crippen molar-refractivity contribution in [3.8, 4) is 5.75 Å². The van der Waals surface area contributed by atoms with E-state index in [0.29, 0.717) is 18.8 Å². The smallest absolute Gasteiger partial charge is 0.263 e. The molecule has 0 aliphatic heterocycles. The summed E-state index contributed by atoms with van der Waals surface area (Å²) in [5, 5.41) is 8.95. The minimum absolute atomic E-state index is 0.0240. The normalized spacial score (nSPS) is 11.9. The molecule has 0 radical (unpaired) electrons. The molecule has 0 aliphatic carbocycles. The number of aliphatic hydroxyl groups excluding tert-OH is 1. The molecule has 0 bridgehead atoms. The fraction of sp³-hybridized carbons (Fsp3) is 0.500. The van der Waals surface area contributed by atoms with Crippen molar-refractivity contribution in [2.24, 2.45) is 0 Å². The molecule has 0 saturated carbocycles. The van der Waals surface area contributed by atoms with Gasteiger partial charge in [0.25, 0.3) is 5.91 Å². The second-order valence-electron chi connectivity index (χ2n) is 4.12. The van der Waals surface area contributed by atoms with E-state index < -0.39 is 6.10 Å². The van der Waals surface area contributed by atoms with Crippen LogP contribution in [0, 0.1) is 0 Å². The lowest BCUT2D eigenvalue weighted by atomic mass is 10.3. The highest BCUT2D eigenvalue weighted by Crippen LogP contribution is 2.12. The van der Waals surface area contributed by atoms with Crippen LogP contribution in [0.5, 0.6) is 5.75 Å². The van der Waals surface area contributed by atoms with Crippen molar-refractivity contribution >= 4 is 5.91 Å². The van der Waals surface area contributed by atoms with Gasteiger partial charge in [-0.1, -0.05) is 25.1 Å². The highest BCUT2D eigenvalue weighted by atomic mass is 16.5. The van der Waals surface area contributed by atoms with Crippen LogP contribution in [0.15, 0.2) is 30.3 Å². The molecular weight excluding hydrogens is 230 g/mol. The summed E-state index contributed by atoms with van der Waals surface area (Å²) >= 11 is 0. The maximum Gasteiger partial charge on any atom is 0.263 e. The number of rotatable bonds is 7. The summed E-state index contributed by atoms with van der Waals surface area (Å²) in [6, 6.07) is 9.27. The summed E-state index contributed by atoms with van der Waals surface area (Å²) in [5.74, 6) is 0.591. The number of hydrogen-bond acceptors (Lipinski definition) is 3. The van der Waals surface area contributed by atoms with Crippen LogP contribution in [0.1, 0.15) is 20.3 Å². The molecule has 4 heteroatoms. The van der Waals surface area contributed by atoms with Gasteiger partial charge in [-0.25, -0.2) is 0 Å². The number of ether oxygens (including phenoxy) is 1. The monoisotopic (exact) mass is 251 g/mol. The first kappa shape index (κ1) is 14.5. The maximum absolute atomic E-state index is 12.1. The first-order valence-corrected chi connectivity index (χ1v) is 6.30. The number of benzene rings is 1. The lowest BCUT2D eigenvalue weighted by Gasteiger charge is -2.25. The lowest BCUT2D eigenvalue weighted by Crippen LogP contribution is -2.42. The molecular formula is C14H21NO3. The predicted molar refractivity (Wildman–Crippen MR) is 70.5 cm³/mol. The Bertz CT molecular complexity index is 347. The van der Waals surface area contributed by atoms with Crippen LogP contribution in [0.3, 0.4) is 0 Å². The van der Waals surface area contributed by atoms with Crippen LogP contribution in [0.2, 0.25) is 0 Å². The van der Waals surface area contributed by atoms with Gasteiger partial charge in [0.2, 0.25) is 0 Å². The van der Waals surface area contributed by atoms with Gasteiger partial charge in [-0.05, 0) is 25.5 Å². The Labute approximate surface area is 108 Å². The van der Waals surface area contributed by atoms with E-state index in [-0.39, 0.29) is 12.5 Å². The molecule has 1 aromatic rings. The lowest BCUT2D eigenvalue weighted by molar-refractivity contribution is -0.138. The first-order chi connectivity index (χ1) is 8.69. The van der Waals surface area contributed by atoms with Crippen LogP contribution < -0.4 is 4.74 Å². The number of amides is 1. The van der Waals surface area contributed by atoms with Gasteiger partial charge in [0, 0.05) is 13.1 Å². The van der Waals surface area contributed by atoms with Gasteiger partial charge in [0.1, 0.15) is 5.75 Å². The highest BCUT2D eigenvalue weighted by Gasteiger charge is 2.20. The van der Waals surface area contributed by atoms with E-state index in [2.05, 4.69) is 0 Å². The van der Waals surface area contributed by atoms with E-state index in [0.717, 1.165) is 6.42 Å². The molecule has 4 nitrogen and oxygen atoms in total. The molecule has 0 heterocycles. The molecule has 1 aromatic carbocycles. The Morgan fingerprint density at radius 3 is 2.56 bits per heavy atom. The van der Waals surface area contributed by atoms with Crippen molar-refractivity contribution in [2.45, 2.75) is 26.4 Å². The summed E-state index contributed by atoms with van der Waals surface area (Å²) in [7, 11) is 0. The summed E-state index contributed by atoms with van der Waals surface area (Å²) in [6.45, 7) is 4.70. The molecule has 1 rings (SSSR count). The predicted octanol–water partition coefficient (Wildman–Crippen LogP) is 1.68. The van der Waals surface area contributed by atoms with Crippen LogP contribution in [0.25, 0.3) is 0 Å². The number of carbonyl (C=O) groups excluding carboxylic acids is 1. The summed E-state index contributed by atoms with van der Waals surface area (Å²) in [6.07, 6.45) is 0.328. The number of aliphatic hydroxyl groups is 1. The zero-order chi connectivity index (χ0) is 13.4. The Morgan fingerprint density at radius 1 is 1.33 bits per heavy atom. The minimum atomic E-state index is -0.537. The first-order valence-electron chi connectivity index (χ1n) is 6.30. The van der Waals surface area contributed by atoms with Gasteiger partial charge < -0.3 is 14.7 Å². The van der Waals surface area contributed by atoms with E-state index in [1.54, 1.807) is 11.8 Å². The molecule has 0 saturated heterocycles. The van der Waals surface area contributed by atoms with Gasteiger partial charge in [-0.15, -0.1) is 0 Å². The van der Waals surface area contributed by atoms with Gasteiger partial charge in [0.15, 0.2) is 6.10 Å². The average Bonchev–Trinajstić information content (AvgIpc) is 2.39. The summed E-state index contributed by atoms with van der Waals surface area (Å²) in [5.41, 5.74) is 0. The van der Waals surface area contributed by atoms with Crippen molar-refractivity contribution in [1.29, 1.82) is 0 Å². The van der Waals surface area contributed by atoms with E-state index in [1.165, 1.54) is 0 Å². The van der Waals surface area contributed by atoms with Gasteiger partial charge in [-0.3, -0.25) is 4.79 Å². The molecule has 0 aliphatic rings. The topological polar surface area (TPSA) is 49.8 Å². The third-order valence-electron chi connectivity index (χ3n) is 2.58. The Kier molecular flexibility index (Phi) is 6.22. The van der Waals surface area contributed by atoms with Crippen molar-refractivity contribution in [1.82, 2.24) is 4.90 Å². The second kappa shape index (κ2) is 7.71. The van der Waals surface area contributed by atoms with Gasteiger partial charge in [-0.2, -0.15) is 0 Å². The number of hydrogen-bond donors (Lipinski definition) is 1. The standard InChI is InChI=1S/C14H21NO3/c1-3-9-15(10-11-16)14(17)12(2)18-13-7-5-4-6-8-13/h4-8,12,16H,3,9-11H2,1-2H3. The zero-order valence-electron chi connectivity index (χ0n) is 11.0. The van der Waals surface area contributed by atoms with Crippen LogP contribution in [-0.2, 0) is 4.79 Å². The zero-order valence-corrected chi connectivity index (χ0v) is 11.0. The largest absolute Gasteiger partial charge is 0.481 e. The molecule has 1 N–H and O–H groups in total. The molecule has 1 atom stereocenters. The van der Waals surface area contributed by atoms with Crippen molar-refractivity contribution in [2.75, 3.05) is 19.7 Å². The summed E-state index contributed by atoms with van der Waals surface area (Å²) < 4.78 is 5.58. The molecule has 1 amide bonds. The quantitative estimate of drug-likeness (QED) is 0.802. The summed E-state index contributed by atoms with van der Waals surface area (Å²) in [4.78, 5) is 13.7. The number of para-hydroxylation sites is 1. The molecule has 1 unspecified atom stereocenters. The highest BCUT2D eigenvalue weighted by molar-refractivity contribution is 5.80. The maximum atomic E-state index is 12.1. The molecule has 0 aromatic heterocycles. The SMILES string of the molecule is CCCN(CCO)C(=O)C(C)Oc1ccccc1. The van der Waals surface area contributed by atoms with Crippen LogP contribution in [-0.4, -0.2) is 41.7 Å². The van der Waals surface area contributed by atoms with E-state index >= 15 is 0 Å².